The molecule has 0 amide bonds. The van der Waals surface area contributed by atoms with Crippen molar-refractivity contribution in [1.29, 1.82) is 0 Å². The minimum Gasteiger partial charge on any atom is -0.494 e. The van der Waals surface area contributed by atoms with Crippen molar-refractivity contribution in [3.8, 4) is 17.0 Å². The van der Waals surface area contributed by atoms with Crippen LogP contribution in [-0.4, -0.2) is 28.9 Å². The smallest absolute Gasteiger partial charge is 0.359 e. The number of aromatic nitrogens is 2. The zero-order chi connectivity index (χ0) is 26.2. The third-order valence-corrected chi connectivity index (χ3v) is 7.35. The lowest BCUT2D eigenvalue weighted by Gasteiger charge is -2.09. The Morgan fingerprint density at radius 1 is 0.868 bits per heavy atom. The number of anilines is 1. The van der Waals surface area contributed by atoms with Gasteiger partial charge in [0.2, 0.25) is 0 Å². The minimum atomic E-state index is -0.364. The molecule has 0 spiro atoms. The summed E-state index contributed by atoms with van der Waals surface area (Å²) >= 11 is 3.48. The predicted octanol–water partition coefficient (Wildman–Crippen LogP) is 6.64. The molecule has 6 heteroatoms. The fourth-order valence-corrected chi connectivity index (χ4v) is 5.21. The quantitative estimate of drug-likeness (QED) is 0.118. The second kappa shape index (κ2) is 12.8. The standard InChI is InChI=1S/C32H32BrN3O2/c33-18-9-1-2-10-19-38-27-17-11-14-25(20-27)22-29-32(37)36-23-30(26-15-7-4-8-16-26)34-28(31(36)35-29)21-24-12-5-3-6-13-24/h3-8,11-17,20,23,29H,1-2,9-10,18-19,21-22H2/p+1. The molecule has 1 aliphatic heterocycles. The highest BCUT2D eigenvalue weighted by atomic mass is 79.9. The van der Waals surface area contributed by atoms with Crippen molar-refractivity contribution in [2.45, 2.75) is 44.6 Å². The summed E-state index contributed by atoms with van der Waals surface area (Å²) in [4.78, 5) is 18.6. The fraction of sp³-hybridized carbons (Fsp3) is 0.281. The molecule has 5 rings (SSSR count). The van der Waals surface area contributed by atoms with Crippen molar-refractivity contribution in [2.24, 2.45) is 0 Å². The Morgan fingerprint density at radius 3 is 2.39 bits per heavy atom. The van der Waals surface area contributed by atoms with Crippen LogP contribution >= 0.6 is 15.9 Å². The molecule has 38 heavy (non-hydrogen) atoms. The molecule has 1 aromatic heterocycles. The molecule has 3 aromatic carbocycles. The number of fused-ring (bicyclic) bond motifs is 1. The third kappa shape index (κ3) is 6.48. The van der Waals surface area contributed by atoms with Crippen molar-refractivity contribution in [3.05, 3.63) is 108 Å². The van der Waals surface area contributed by atoms with Crippen LogP contribution in [0.4, 0.5) is 5.82 Å². The van der Waals surface area contributed by atoms with E-state index in [1.807, 2.05) is 66.9 Å². The van der Waals surface area contributed by atoms with Crippen molar-refractivity contribution < 1.29 is 14.1 Å². The molecular weight excluding hydrogens is 538 g/mol. The monoisotopic (exact) mass is 570 g/mol. The van der Waals surface area contributed by atoms with Crippen LogP contribution < -0.4 is 14.6 Å². The number of carbonyl (C=O) groups is 1. The molecule has 4 aromatic rings. The number of rotatable bonds is 12. The van der Waals surface area contributed by atoms with E-state index >= 15 is 0 Å². The summed E-state index contributed by atoms with van der Waals surface area (Å²) < 4.78 is 7.75. The maximum absolute atomic E-state index is 13.6. The molecule has 2 heterocycles. The van der Waals surface area contributed by atoms with E-state index < -0.39 is 0 Å². The average Bonchev–Trinajstić information content (AvgIpc) is 3.27. The second-order valence-electron chi connectivity index (χ2n) is 9.66. The van der Waals surface area contributed by atoms with Gasteiger partial charge in [0.1, 0.15) is 23.3 Å². The summed E-state index contributed by atoms with van der Waals surface area (Å²) in [5.41, 5.74) is 4.88. The molecule has 1 N–H and O–H groups in total. The molecule has 0 radical (unpaired) electrons. The number of halogens is 1. The molecule has 0 saturated carbocycles. The van der Waals surface area contributed by atoms with Crippen molar-refractivity contribution in [2.75, 3.05) is 17.3 Å². The van der Waals surface area contributed by atoms with E-state index in [-0.39, 0.29) is 11.9 Å². The molecule has 0 bridgehead atoms. The summed E-state index contributed by atoms with van der Waals surface area (Å²) in [7, 11) is 0. The normalized spacial score (nSPS) is 14.2. The third-order valence-electron chi connectivity index (χ3n) is 6.79. The van der Waals surface area contributed by atoms with Gasteiger partial charge in [0.05, 0.1) is 6.61 Å². The Labute approximate surface area is 233 Å². The highest BCUT2D eigenvalue weighted by Crippen LogP contribution is 2.25. The van der Waals surface area contributed by atoms with Crippen LogP contribution in [0.2, 0.25) is 0 Å². The Balaban J connectivity index is 1.34. The Bertz CT molecular complexity index is 1360. The van der Waals surface area contributed by atoms with Gasteiger partial charge in [0.25, 0.3) is 0 Å². The number of nitrogens with one attached hydrogen (secondary N) is 1. The molecule has 1 atom stereocenters. The largest absolute Gasteiger partial charge is 0.494 e. The van der Waals surface area contributed by atoms with E-state index in [0.717, 1.165) is 51.4 Å². The van der Waals surface area contributed by atoms with Gasteiger partial charge < -0.3 is 4.74 Å². The minimum absolute atomic E-state index is 0.0343. The highest BCUT2D eigenvalue weighted by Gasteiger charge is 2.41. The SMILES string of the molecule is O=C1C(Cc2cccc(OCCCCCCBr)c2)Nc2c(Cc3ccccc3)nc(-c3ccccc3)c[n+]21. The van der Waals surface area contributed by atoms with Crippen LogP contribution in [0.5, 0.6) is 5.75 Å². The lowest BCUT2D eigenvalue weighted by atomic mass is 10.1. The maximum Gasteiger partial charge on any atom is 0.359 e. The topological polar surface area (TPSA) is 55.1 Å². The highest BCUT2D eigenvalue weighted by molar-refractivity contribution is 9.09. The number of hydrogen-bond donors (Lipinski definition) is 1. The Hall–Kier alpha value is -3.51. The predicted molar refractivity (Wildman–Crippen MR) is 155 cm³/mol. The van der Waals surface area contributed by atoms with Crippen molar-refractivity contribution >= 4 is 27.7 Å². The zero-order valence-electron chi connectivity index (χ0n) is 21.5. The molecule has 1 unspecified atom stereocenters. The van der Waals surface area contributed by atoms with E-state index in [4.69, 9.17) is 9.72 Å². The van der Waals surface area contributed by atoms with Gasteiger partial charge in [-0.2, -0.15) is 4.57 Å². The van der Waals surface area contributed by atoms with Crippen molar-refractivity contribution in [3.63, 3.8) is 0 Å². The number of benzene rings is 3. The van der Waals surface area contributed by atoms with Gasteiger partial charge in [-0.25, -0.2) is 9.78 Å². The summed E-state index contributed by atoms with van der Waals surface area (Å²) in [5, 5.41) is 4.56. The number of ether oxygens (including phenoxy) is 1. The average molecular weight is 572 g/mol. The fourth-order valence-electron chi connectivity index (χ4n) is 4.81. The Morgan fingerprint density at radius 2 is 1.61 bits per heavy atom. The Kier molecular flexibility index (Phi) is 8.82. The summed E-state index contributed by atoms with van der Waals surface area (Å²) in [5.74, 6) is 1.67. The van der Waals surface area contributed by atoms with Crippen LogP contribution in [0.15, 0.2) is 91.1 Å². The van der Waals surface area contributed by atoms with Gasteiger partial charge in [-0.3, -0.25) is 5.32 Å². The summed E-state index contributed by atoms with van der Waals surface area (Å²) in [6, 6.07) is 28.0. The van der Waals surface area contributed by atoms with Crippen LogP contribution in [0, 0.1) is 0 Å². The summed E-state index contributed by atoms with van der Waals surface area (Å²) in [6.45, 7) is 0.713. The second-order valence-corrected chi connectivity index (χ2v) is 10.5. The van der Waals surface area contributed by atoms with E-state index in [1.165, 1.54) is 19.3 Å². The molecule has 0 saturated heterocycles. The number of unbranched alkanes of at least 4 members (excludes halogenated alkanes) is 3. The molecule has 1 aliphatic rings. The van der Waals surface area contributed by atoms with E-state index in [2.05, 4.69) is 45.5 Å². The maximum atomic E-state index is 13.6. The van der Waals surface area contributed by atoms with Crippen LogP contribution in [0.25, 0.3) is 11.3 Å². The van der Waals surface area contributed by atoms with Crippen LogP contribution in [-0.2, 0) is 12.8 Å². The van der Waals surface area contributed by atoms with Gasteiger partial charge in [0, 0.05) is 23.7 Å². The van der Waals surface area contributed by atoms with Gasteiger partial charge in [-0.05, 0) is 36.1 Å². The lowest BCUT2D eigenvalue weighted by Crippen LogP contribution is -2.44. The first-order valence-corrected chi connectivity index (χ1v) is 14.5. The molecular formula is C32H33BrN3O2+. The lowest BCUT2D eigenvalue weighted by molar-refractivity contribution is -0.552. The number of carbonyl (C=O) groups excluding carboxylic acids is 1. The molecule has 5 nitrogen and oxygen atoms in total. The van der Waals surface area contributed by atoms with Gasteiger partial charge in [-0.15, -0.1) is 0 Å². The molecule has 194 valence electrons. The molecule has 0 aliphatic carbocycles. The zero-order valence-corrected chi connectivity index (χ0v) is 23.1. The van der Waals surface area contributed by atoms with E-state index in [1.54, 1.807) is 4.57 Å². The molecule has 0 fully saturated rings. The first-order valence-electron chi connectivity index (χ1n) is 13.3. The van der Waals surface area contributed by atoms with Crippen LogP contribution in [0.1, 0.15) is 47.3 Å². The van der Waals surface area contributed by atoms with Gasteiger partial charge >= 0.3 is 11.7 Å². The number of nitrogens with zero attached hydrogens (tertiary/aromatic N) is 2. The number of alkyl halides is 1. The first-order chi connectivity index (χ1) is 18.7. The summed E-state index contributed by atoms with van der Waals surface area (Å²) in [6.07, 6.45) is 7.72. The van der Waals surface area contributed by atoms with Gasteiger partial charge in [0.15, 0.2) is 6.04 Å². The van der Waals surface area contributed by atoms with Crippen molar-refractivity contribution in [1.82, 2.24) is 4.98 Å². The van der Waals surface area contributed by atoms with Crippen LogP contribution in [0.3, 0.4) is 0 Å². The van der Waals surface area contributed by atoms with Gasteiger partial charge in [-0.1, -0.05) is 102 Å². The van der Waals surface area contributed by atoms with E-state index in [0.29, 0.717) is 19.4 Å². The number of hydrogen-bond acceptors (Lipinski definition) is 4. The first kappa shape index (κ1) is 26.1. The van der Waals surface area contributed by atoms with E-state index in [9.17, 15) is 4.79 Å².